The first-order chi connectivity index (χ1) is 14.8. The summed E-state index contributed by atoms with van der Waals surface area (Å²) in [5.74, 6) is -1.98. The fraction of sp³-hybridized carbons (Fsp3) is 0.870. The largest absolute Gasteiger partial charge is 0.394 e. The predicted molar refractivity (Wildman–Crippen MR) is 116 cm³/mol. The topological polar surface area (TPSA) is 108 Å². The van der Waals surface area contributed by atoms with E-state index in [0.717, 1.165) is 25.7 Å². The van der Waals surface area contributed by atoms with Crippen LogP contribution in [0.3, 0.4) is 0 Å². The molecule has 3 fully saturated rings. The van der Waals surface area contributed by atoms with Gasteiger partial charge in [0.2, 0.25) is 17.7 Å². The van der Waals surface area contributed by atoms with Gasteiger partial charge in [0.05, 0.1) is 30.1 Å². The van der Waals surface area contributed by atoms with Gasteiger partial charge in [-0.15, -0.1) is 0 Å². The lowest BCUT2D eigenvalue weighted by Crippen LogP contribution is -2.58. The molecule has 0 saturated carbocycles. The van der Waals surface area contributed by atoms with E-state index < -0.39 is 35.1 Å². The summed E-state index contributed by atoms with van der Waals surface area (Å²) in [4.78, 5) is 41.8. The van der Waals surface area contributed by atoms with Crippen molar-refractivity contribution < 1.29 is 24.2 Å². The number of nitrogens with zero attached hydrogens (tertiary/aromatic N) is 1. The van der Waals surface area contributed by atoms with E-state index in [2.05, 4.69) is 17.6 Å². The molecule has 3 aliphatic rings. The average Bonchev–Trinajstić information content (AvgIpc) is 3.32. The Morgan fingerprint density at radius 1 is 1.13 bits per heavy atom. The number of ether oxygens (including phenoxy) is 1. The molecule has 3 rings (SSSR count). The number of nitrogens with one attached hydrogen (secondary N) is 2. The number of carbonyl (C=O) groups excluding carboxylic acids is 3. The van der Waals surface area contributed by atoms with E-state index in [1.54, 1.807) is 0 Å². The van der Waals surface area contributed by atoms with Crippen molar-refractivity contribution in [3.05, 3.63) is 0 Å². The third-order valence-corrected chi connectivity index (χ3v) is 7.45. The van der Waals surface area contributed by atoms with Crippen LogP contribution in [0.15, 0.2) is 0 Å². The molecule has 2 unspecified atom stereocenters. The first kappa shape index (κ1) is 24.0. The quantitative estimate of drug-likeness (QED) is 0.423. The predicted octanol–water partition coefficient (Wildman–Crippen LogP) is 1.35. The maximum Gasteiger partial charge on any atom is 0.245 e. The molecule has 3 heterocycles. The minimum absolute atomic E-state index is 0.176. The van der Waals surface area contributed by atoms with Crippen molar-refractivity contribution in [2.75, 3.05) is 19.7 Å². The van der Waals surface area contributed by atoms with E-state index in [1.165, 1.54) is 4.90 Å². The van der Waals surface area contributed by atoms with Gasteiger partial charge >= 0.3 is 0 Å². The molecule has 8 heteroatoms. The molecule has 31 heavy (non-hydrogen) atoms. The smallest absolute Gasteiger partial charge is 0.245 e. The number of likely N-dealkylation sites (tertiary alicyclic amines) is 1. The van der Waals surface area contributed by atoms with Crippen molar-refractivity contribution in [1.29, 1.82) is 0 Å². The van der Waals surface area contributed by atoms with Crippen LogP contribution in [0, 0.1) is 11.8 Å². The lowest BCUT2D eigenvalue weighted by Gasteiger charge is -2.36. The number of rotatable bonds is 11. The summed E-state index contributed by atoms with van der Waals surface area (Å²) >= 11 is 0. The van der Waals surface area contributed by atoms with Gasteiger partial charge in [-0.1, -0.05) is 33.6 Å². The maximum absolute atomic E-state index is 13.7. The SMILES string of the molecule is CCCCCNC(=O)C1N([C@@H](CC)CO)C(=O)[C@@H]2[C@H](C(=O)NCCC)[C@]3(C)CCC12O3. The molecule has 3 saturated heterocycles. The van der Waals surface area contributed by atoms with Gasteiger partial charge in [-0.3, -0.25) is 14.4 Å². The molecule has 176 valence electrons. The van der Waals surface area contributed by atoms with Crippen molar-refractivity contribution in [3.8, 4) is 0 Å². The van der Waals surface area contributed by atoms with Crippen LogP contribution in [0.2, 0.25) is 0 Å². The van der Waals surface area contributed by atoms with Gasteiger partial charge in [0.15, 0.2) is 0 Å². The van der Waals surface area contributed by atoms with Crippen molar-refractivity contribution in [2.45, 2.75) is 95.9 Å². The fourth-order valence-electron chi connectivity index (χ4n) is 5.91. The fourth-order valence-corrected chi connectivity index (χ4v) is 5.91. The number of aliphatic hydroxyl groups is 1. The average molecular weight is 438 g/mol. The second-order valence-corrected chi connectivity index (χ2v) is 9.51. The monoisotopic (exact) mass is 437 g/mol. The minimum Gasteiger partial charge on any atom is -0.394 e. The summed E-state index contributed by atoms with van der Waals surface area (Å²) in [5.41, 5.74) is -1.77. The van der Waals surface area contributed by atoms with E-state index in [4.69, 9.17) is 4.74 Å². The zero-order chi connectivity index (χ0) is 22.8. The van der Waals surface area contributed by atoms with Crippen LogP contribution in [-0.2, 0) is 19.1 Å². The Morgan fingerprint density at radius 2 is 1.84 bits per heavy atom. The molecule has 1 spiro atoms. The number of hydrogen-bond acceptors (Lipinski definition) is 5. The van der Waals surface area contributed by atoms with Crippen molar-refractivity contribution in [2.24, 2.45) is 11.8 Å². The summed E-state index contributed by atoms with van der Waals surface area (Å²) in [6.45, 7) is 8.72. The summed E-state index contributed by atoms with van der Waals surface area (Å²) in [5, 5.41) is 15.9. The van der Waals surface area contributed by atoms with E-state index in [-0.39, 0.29) is 24.3 Å². The lowest BCUT2D eigenvalue weighted by molar-refractivity contribution is -0.149. The standard InChI is InChI=1S/C23H39N3O5/c1-5-8-9-13-25-20(29)18-23-11-10-22(4,31-23)16(19(28)24-12-6-2)17(23)21(30)26(18)15(7-3)14-27/h15-18,27H,5-14H2,1-4H3,(H,24,28)(H,25,29)/t15-,16+,17-,18?,22-,23?/m0/s1. The Morgan fingerprint density at radius 3 is 2.45 bits per heavy atom. The van der Waals surface area contributed by atoms with Crippen LogP contribution < -0.4 is 10.6 Å². The highest BCUT2D eigenvalue weighted by Gasteiger charge is 2.78. The highest BCUT2D eigenvalue weighted by Crippen LogP contribution is 2.63. The van der Waals surface area contributed by atoms with E-state index in [9.17, 15) is 19.5 Å². The van der Waals surface area contributed by atoms with Crippen molar-refractivity contribution in [3.63, 3.8) is 0 Å². The van der Waals surface area contributed by atoms with E-state index >= 15 is 0 Å². The molecule has 0 radical (unpaired) electrons. The van der Waals surface area contributed by atoms with Crippen LogP contribution in [-0.4, -0.2) is 70.7 Å². The van der Waals surface area contributed by atoms with E-state index in [1.807, 2.05) is 20.8 Å². The second-order valence-electron chi connectivity index (χ2n) is 9.51. The third kappa shape index (κ3) is 3.86. The van der Waals surface area contributed by atoms with Crippen LogP contribution in [0.5, 0.6) is 0 Å². The minimum atomic E-state index is -1.02. The Kier molecular flexibility index (Phi) is 7.31. The van der Waals surface area contributed by atoms with Gasteiger partial charge in [0.25, 0.3) is 0 Å². The summed E-state index contributed by atoms with van der Waals surface area (Å²) in [6.07, 6.45) is 5.45. The normalized spacial score (nSPS) is 34.7. The highest BCUT2D eigenvalue weighted by molar-refractivity contribution is 5.99. The van der Waals surface area contributed by atoms with E-state index in [0.29, 0.717) is 32.4 Å². The zero-order valence-corrected chi connectivity index (χ0v) is 19.4. The zero-order valence-electron chi connectivity index (χ0n) is 19.4. The lowest BCUT2D eigenvalue weighted by atomic mass is 9.66. The van der Waals surface area contributed by atoms with Gasteiger partial charge in [-0.2, -0.15) is 0 Å². The Hall–Kier alpha value is -1.67. The van der Waals surface area contributed by atoms with Gasteiger partial charge in [-0.25, -0.2) is 0 Å². The molecule has 3 aliphatic heterocycles. The van der Waals surface area contributed by atoms with Crippen LogP contribution in [0.25, 0.3) is 0 Å². The Labute approximate surface area is 185 Å². The number of aliphatic hydroxyl groups excluding tert-OH is 1. The maximum atomic E-state index is 13.7. The molecule has 0 aromatic rings. The molecule has 8 nitrogen and oxygen atoms in total. The first-order valence-electron chi connectivity index (χ1n) is 12.0. The molecular weight excluding hydrogens is 398 g/mol. The first-order valence-corrected chi connectivity index (χ1v) is 12.0. The summed E-state index contributed by atoms with van der Waals surface area (Å²) in [6, 6.07) is -1.30. The van der Waals surface area contributed by atoms with Gasteiger partial charge in [0.1, 0.15) is 11.6 Å². The summed E-state index contributed by atoms with van der Waals surface area (Å²) < 4.78 is 6.52. The molecule has 3 amide bonds. The Bertz CT molecular complexity index is 697. The molecule has 0 aromatic heterocycles. The van der Waals surface area contributed by atoms with Gasteiger partial charge in [-0.05, 0) is 39.0 Å². The van der Waals surface area contributed by atoms with Crippen LogP contribution in [0.4, 0.5) is 0 Å². The number of amides is 3. The second kappa shape index (κ2) is 9.45. The number of carbonyl (C=O) groups is 3. The molecule has 0 aromatic carbocycles. The van der Waals surface area contributed by atoms with Gasteiger partial charge < -0.3 is 25.4 Å². The van der Waals surface area contributed by atoms with Crippen LogP contribution >= 0.6 is 0 Å². The highest BCUT2D eigenvalue weighted by atomic mass is 16.5. The Balaban J connectivity index is 1.96. The molecule has 6 atom stereocenters. The van der Waals surface area contributed by atoms with Crippen molar-refractivity contribution >= 4 is 17.7 Å². The number of unbranched alkanes of at least 4 members (excludes halogenated alkanes) is 2. The molecule has 3 N–H and O–H groups in total. The van der Waals surface area contributed by atoms with Crippen LogP contribution in [0.1, 0.15) is 72.6 Å². The molecule has 2 bridgehead atoms. The number of hydrogen-bond donors (Lipinski definition) is 3. The van der Waals surface area contributed by atoms with Crippen molar-refractivity contribution in [1.82, 2.24) is 15.5 Å². The third-order valence-electron chi connectivity index (χ3n) is 7.45. The summed E-state index contributed by atoms with van der Waals surface area (Å²) in [7, 11) is 0. The molecule has 0 aliphatic carbocycles. The molecular formula is C23H39N3O5. The van der Waals surface area contributed by atoms with Gasteiger partial charge in [0, 0.05) is 13.1 Å². The number of fused-ring (bicyclic) bond motifs is 1.